The summed E-state index contributed by atoms with van der Waals surface area (Å²) in [4.78, 5) is 12.8. The van der Waals surface area contributed by atoms with Gasteiger partial charge in [0, 0.05) is 13.7 Å². The molecule has 1 unspecified atom stereocenters. The van der Waals surface area contributed by atoms with Crippen molar-refractivity contribution in [1.82, 2.24) is 4.90 Å². The van der Waals surface area contributed by atoms with Crippen LogP contribution < -0.4 is 0 Å². The SMILES string of the molecule is COC(=O)N1CCCC(CO)(OC)C1. The van der Waals surface area contributed by atoms with Gasteiger partial charge in [0.05, 0.1) is 20.3 Å². The van der Waals surface area contributed by atoms with Gasteiger partial charge in [-0.2, -0.15) is 0 Å². The molecule has 5 heteroatoms. The van der Waals surface area contributed by atoms with E-state index in [1.165, 1.54) is 7.11 Å². The average Bonchev–Trinajstić information content (AvgIpc) is 2.28. The van der Waals surface area contributed by atoms with Crippen molar-refractivity contribution in [2.24, 2.45) is 0 Å². The van der Waals surface area contributed by atoms with Crippen LogP contribution in [-0.4, -0.2) is 55.6 Å². The molecule has 1 rings (SSSR count). The molecule has 1 atom stereocenters. The summed E-state index contributed by atoms with van der Waals surface area (Å²) in [6, 6.07) is 0. The maximum atomic E-state index is 11.3. The molecule has 0 aromatic heterocycles. The van der Waals surface area contributed by atoms with Crippen LogP contribution in [0.25, 0.3) is 0 Å². The van der Waals surface area contributed by atoms with E-state index < -0.39 is 5.60 Å². The number of carbonyl (C=O) groups excluding carboxylic acids is 1. The molecule has 1 N–H and O–H groups in total. The van der Waals surface area contributed by atoms with E-state index in [1.807, 2.05) is 0 Å². The molecule has 0 aromatic rings. The summed E-state index contributed by atoms with van der Waals surface area (Å²) in [5.74, 6) is 0. The molecular weight excluding hydrogens is 186 g/mol. The van der Waals surface area contributed by atoms with Crippen LogP contribution in [0.5, 0.6) is 0 Å². The van der Waals surface area contributed by atoms with Gasteiger partial charge >= 0.3 is 6.09 Å². The molecular formula is C9H17NO4. The Bertz CT molecular complexity index is 203. The summed E-state index contributed by atoms with van der Waals surface area (Å²) in [7, 11) is 2.90. The predicted octanol–water partition coefficient (Wildman–Crippen LogP) is 0.226. The Labute approximate surface area is 83.6 Å². The number of piperidine rings is 1. The number of methoxy groups -OCH3 is 2. The predicted molar refractivity (Wildman–Crippen MR) is 50.0 cm³/mol. The van der Waals surface area contributed by atoms with E-state index in [0.29, 0.717) is 13.1 Å². The number of ether oxygens (including phenoxy) is 2. The molecule has 1 fully saturated rings. The molecule has 1 aliphatic rings. The van der Waals surface area contributed by atoms with Crippen molar-refractivity contribution in [3.05, 3.63) is 0 Å². The molecule has 0 saturated carbocycles. The van der Waals surface area contributed by atoms with Crippen molar-refractivity contribution < 1.29 is 19.4 Å². The van der Waals surface area contributed by atoms with Crippen LogP contribution in [0.15, 0.2) is 0 Å². The zero-order chi connectivity index (χ0) is 10.6. The molecule has 0 spiro atoms. The van der Waals surface area contributed by atoms with Crippen LogP contribution in [-0.2, 0) is 9.47 Å². The summed E-state index contributed by atoms with van der Waals surface area (Å²) >= 11 is 0. The standard InChI is InChI=1S/C9H17NO4/c1-13-8(12)10-5-3-4-9(6-10,7-11)14-2/h11H,3-7H2,1-2H3. The summed E-state index contributed by atoms with van der Waals surface area (Å²) in [5.41, 5.74) is -0.605. The third kappa shape index (κ3) is 2.16. The maximum absolute atomic E-state index is 11.3. The molecule has 1 heterocycles. The Morgan fingerprint density at radius 1 is 1.57 bits per heavy atom. The van der Waals surface area contributed by atoms with Crippen LogP contribution in [0, 0.1) is 0 Å². The fourth-order valence-electron chi connectivity index (χ4n) is 1.74. The average molecular weight is 203 g/mol. The second-order valence-electron chi connectivity index (χ2n) is 3.54. The number of likely N-dealkylation sites (tertiary alicyclic amines) is 1. The summed E-state index contributed by atoms with van der Waals surface area (Å²) < 4.78 is 9.88. The lowest BCUT2D eigenvalue weighted by Gasteiger charge is -2.39. The maximum Gasteiger partial charge on any atom is 0.409 e. The molecule has 1 aliphatic heterocycles. The third-order valence-corrected chi connectivity index (χ3v) is 2.69. The van der Waals surface area contributed by atoms with E-state index >= 15 is 0 Å². The Morgan fingerprint density at radius 3 is 2.79 bits per heavy atom. The normalized spacial score (nSPS) is 27.5. The molecule has 5 nitrogen and oxygen atoms in total. The van der Waals surface area contributed by atoms with E-state index in [4.69, 9.17) is 4.74 Å². The highest BCUT2D eigenvalue weighted by atomic mass is 16.5. The number of amides is 1. The van der Waals surface area contributed by atoms with Crippen LogP contribution in [0.2, 0.25) is 0 Å². The fourth-order valence-corrected chi connectivity index (χ4v) is 1.74. The van der Waals surface area contributed by atoms with Gasteiger partial charge in [-0.15, -0.1) is 0 Å². The Kier molecular flexibility index (Phi) is 3.71. The Balaban J connectivity index is 2.62. The number of nitrogens with zero attached hydrogens (tertiary/aromatic N) is 1. The number of aliphatic hydroxyl groups excluding tert-OH is 1. The highest BCUT2D eigenvalue weighted by Gasteiger charge is 2.37. The van der Waals surface area contributed by atoms with Gasteiger partial charge in [0.25, 0.3) is 0 Å². The fraction of sp³-hybridized carbons (Fsp3) is 0.889. The highest BCUT2D eigenvalue weighted by Crippen LogP contribution is 2.24. The van der Waals surface area contributed by atoms with Crippen LogP contribution in [0.4, 0.5) is 4.79 Å². The lowest BCUT2D eigenvalue weighted by molar-refractivity contribution is -0.0905. The summed E-state index contributed by atoms with van der Waals surface area (Å²) in [6.07, 6.45) is 1.23. The third-order valence-electron chi connectivity index (χ3n) is 2.69. The zero-order valence-electron chi connectivity index (χ0n) is 8.65. The summed E-state index contributed by atoms with van der Waals surface area (Å²) in [6.45, 7) is 0.988. The molecule has 82 valence electrons. The van der Waals surface area contributed by atoms with E-state index in [0.717, 1.165) is 12.8 Å². The van der Waals surface area contributed by atoms with Gasteiger partial charge in [0.15, 0.2) is 0 Å². The van der Waals surface area contributed by atoms with Gasteiger partial charge in [0.2, 0.25) is 0 Å². The lowest BCUT2D eigenvalue weighted by Crippen LogP contribution is -2.53. The minimum atomic E-state index is -0.605. The van der Waals surface area contributed by atoms with Gasteiger partial charge in [0.1, 0.15) is 5.60 Å². The molecule has 14 heavy (non-hydrogen) atoms. The van der Waals surface area contributed by atoms with Crippen molar-refractivity contribution in [2.75, 3.05) is 33.9 Å². The molecule has 0 aliphatic carbocycles. The minimum absolute atomic E-state index is 0.0724. The number of hydrogen-bond acceptors (Lipinski definition) is 4. The molecule has 1 amide bonds. The molecule has 0 bridgehead atoms. The van der Waals surface area contributed by atoms with E-state index in [9.17, 15) is 9.90 Å². The highest BCUT2D eigenvalue weighted by molar-refractivity contribution is 5.67. The second-order valence-corrected chi connectivity index (χ2v) is 3.54. The van der Waals surface area contributed by atoms with Crippen LogP contribution >= 0.6 is 0 Å². The van der Waals surface area contributed by atoms with Gasteiger partial charge in [-0.25, -0.2) is 4.79 Å². The quantitative estimate of drug-likeness (QED) is 0.697. The molecule has 0 aromatic carbocycles. The van der Waals surface area contributed by atoms with Crippen molar-refractivity contribution >= 4 is 6.09 Å². The van der Waals surface area contributed by atoms with Gasteiger partial charge < -0.3 is 19.5 Å². The number of rotatable bonds is 2. The summed E-state index contributed by atoms with van der Waals surface area (Å²) in [5, 5.41) is 9.21. The van der Waals surface area contributed by atoms with E-state index in [-0.39, 0.29) is 12.7 Å². The smallest absolute Gasteiger partial charge is 0.409 e. The lowest BCUT2D eigenvalue weighted by atomic mass is 9.94. The van der Waals surface area contributed by atoms with Crippen molar-refractivity contribution in [2.45, 2.75) is 18.4 Å². The van der Waals surface area contributed by atoms with Crippen molar-refractivity contribution in [1.29, 1.82) is 0 Å². The topological polar surface area (TPSA) is 59.0 Å². The Morgan fingerprint density at radius 2 is 2.29 bits per heavy atom. The van der Waals surface area contributed by atoms with Crippen LogP contribution in [0.1, 0.15) is 12.8 Å². The largest absolute Gasteiger partial charge is 0.453 e. The van der Waals surface area contributed by atoms with Gasteiger partial charge in [-0.3, -0.25) is 0 Å². The number of hydrogen-bond donors (Lipinski definition) is 1. The van der Waals surface area contributed by atoms with Gasteiger partial charge in [-0.05, 0) is 12.8 Å². The van der Waals surface area contributed by atoms with Gasteiger partial charge in [-0.1, -0.05) is 0 Å². The van der Waals surface area contributed by atoms with Crippen LogP contribution in [0.3, 0.4) is 0 Å². The first-order chi connectivity index (χ1) is 6.67. The number of aliphatic hydroxyl groups is 1. The number of carbonyl (C=O) groups is 1. The monoisotopic (exact) mass is 203 g/mol. The first-order valence-corrected chi connectivity index (χ1v) is 4.66. The minimum Gasteiger partial charge on any atom is -0.453 e. The molecule has 0 radical (unpaired) electrons. The Hall–Kier alpha value is -0.810. The van der Waals surface area contributed by atoms with Crippen molar-refractivity contribution in [3.8, 4) is 0 Å². The molecule has 1 saturated heterocycles. The first kappa shape index (κ1) is 11.3. The van der Waals surface area contributed by atoms with E-state index in [2.05, 4.69) is 4.74 Å². The second kappa shape index (κ2) is 4.61. The van der Waals surface area contributed by atoms with E-state index in [1.54, 1.807) is 12.0 Å². The zero-order valence-corrected chi connectivity index (χ0v) is 8.65. The first-order valence-electron chi connectivity index (χ1n) is 4.66. The van der Waals surface area contributed by atoms with Crippen molar-refractivity contribution in [3.63, 3.8) is 0 Å².